The first-order chi connectivity index (χ1) is 12.8. The number of hydrogen-bond acceptors (Lipinski definition) is 3. The maximum Gasteiger partial charge on any atom is 0.333 e. The van der Waals surface area contributed by atoms with Gasteiger partial charge in [-0.1, -0.05) is 86.5 Å². The van der Waals surface area contributed by atoms with E-state index in [1.807, 2.05) is 66.7 Å². The Labute approximate surface area is 161 Å². The lowest BCUT2D eigenvalue weighted by Gasteiger charge is -2.03. The third kappa shape index (κ3) is 12.6. The van der Waals surface area contributed by atoms with Crippen molar-refractivity contribution in [2.75, 3.05) is 0 Å². The molecule has 0 fully saturated rings. The zero-order valence-electron chi connectivity index (χ0n) is 15.9. The van der Waals surface area contributed by atoms with Gasteiger partial charge in [0.05, 0.1) is 0 Å². The van der Waals surface area contributed by atoms with E-state index in [4.69, 9.17) is 9.84 Å². The maximum atomic E-state index is 11.0. The molecule has 2 rings (SSSR count). The lowest BCUT2D eigenvalue weighted by atomic mass is 10.2. The molecular weight excluding hydrogens is 340 g/mol. The van der Waals surface area contributed by atoms with E-state index < -0.39 is 5.97 Å². The second-order valence-electron chi connectivity index (χ2n) is 5.54. The monoisotopic (exact) mass is 366 g/mol. The Kier molecular flexibility index (Phi) is 12.1. The zero-order chi connectivity index (χ0) is 20.7. The summed E-state index contributed by atoms with van der Waals surface area (Å²) in [6, 6.07) is 19.6. The summed E-state index contributed by atoms with van der Waals surface area (Å²) in [6.45, 7) is 13.7. The third-order valence-electron chi connectivity index (χ3n) is 2.96. The SMILES string of the molecule is C=C(C)C(=O)O.C=C(C)C(=O)OCc1ccccc1.C=Cc1ccccc1. The summed E-state index contributed by atoms with van der Waals surface area (Å²) in [5.41, 5.74) is 2.76. The first-order valence-corrected chi connectivity index (χ1v) is 8.20. The van der Waals surface area contributed by atoms with Gasteiger partial charge in [-0.25, -0.2) is 9.59 Å². The quantitative estimate of drug-likeness (QED) is 0.577. The van der Waals surface area contributed by atoms with Crippen LogP contribution in [0.1, 0.15) is 25.0 Å². The summed E-state index contributed by atoms with van der Waals surface area (Å²) in [4.78, 5) is 20.6. The van der Waals surface area contributed by atoms with Crippen LogP contribution in [-0.4, -0.2) is 17.0 Å². The van der Waals surface area contributed by atoms with Crippen molar-refractivity contribution in [3.8, 4) is 0 Å². The second-order valence-corrected chi connectivity index (χ2v) is 5.54. The van der Waals surface area contributed by atoms with Gasteiger partial charge in [0.25, 0.3) is 0 Å². The molecular formula is C23H26O4. The van der Waals surface area contributed by atoms with Crippen LogP contribution in [0.3, 0.4) is 0 Å². The van der Waals surface area contributed by atoms with Gasteiger partial charge in [0.2, 0.25) is 0 Å². The van der Waals surface area contributed by atoms with Gasteiger partial charge in [-0.3, -0.25) is 0 Å². The molecule has 0 unspecified atom stereocenters. The summed E-state index contributed by atoms with van der Waals surface area (Å²) in [6.07, 6.45) is 1.83. The van der Waals surface area contributed by atoms with E-state index in [0.29, 0.717) is 12.2 Å². The first-order valence-electron chi connectivity index (χ1n) is 8.20. The standard InChI is InChI=1S/C11H12O2.C8H8.C4H6O2/c1-9(2)11(12)13-8-10-6-4-3-5-7-10;1-2-8-6-4-3-5-7-8;1-3(2)4(5)6/h3-7H,1,8H2,2H3;2-7H,1H2;1H2,2H3,(H,5,6). The van der Waals surface area contributed by atoms with Crippen molar-refractivity contribution >= 4 is 18.0 Å². The molecule has 2 aromatic rings. The van der Waals surface area contributed by atoms with Crippen LogP contribution in [-0.2, 0) is 20.9 Å². The molecule has 0 aromatic heterocycles. The topological polar surface area (TPSA) is 63.6 Å². The van der Waals surface area contributed by atoms with Crippen LogP contribution < -0.4 is 0 Å². The molecule has 0 atom stereocenters. The van der Waals surface area contributed by atoms with Gasteiger partial charge in [0, 0.05) is 11.1 Å². The molecule has 0 amide bonds. The van der Waals surface area contributed by atoms with Crippen molar-refractivity contribution < 1.29 is 19.4 Å². The lowest BCUT2D eigenvalue weighted by Crippen LogP contribution is -2.04. The van der Waals surface area contributed by atoms with Crippen molar-refractivity contribution in [1.82, 2.24) is 0 Å². The number of aliphatic carboxylic acids is 1. The number of benzene rings is 2. The Morgan fingerprint density at radius 1 is 0.926 bits per heavy atom. The van der Waals surface area contributed by atoms with Crippen molar-refractivity contribution in [2.24, 2.45) is 0 Å². The predicted octanol–water partition coefficient (Wildman–Crippen LogP) is 5.28. The van der Waals surface area contributed by atoms with Crippen molar-refractivity contribution in [3.63, 3.8) is 0 Å². The van der Waals surface area contributed by atoms with Gasteiger partial charge >= 0.3 is 11.9 Å². The van der Waals surface area contributed by atoms with Gasteiger partial charge in [0.1, 0.15) is 6.61 Å². The Bertz CT molecular complexity index is 734. The Morgan fingerprint density at radius 3 is 1.70 bits per heavy atom. The van der Waals surface area contributed by atoms with Crippen molar-refractivity contribution in [2.45, 2.75) is 20.5 Å². The molecule has 4 nitrogen and oxygen atoms in total. The van der Waals surface area contributed by atoms with Crippen LogP contribution in [0.5, 0.6) is 0 Å². The van der Waals surface area contributed by atoms with Gasteiger partial charge < -0.3 is 9.84 Å². The number of esters is 1. The number of ether oxygens (including phenoxy) is 1. The van der Waals surface area contributed by atoms with Crippen LogP contribution in [0.4, 0.5) is 0 Å². The third-order valence-corrected chi connectivity index (χ3v) is 2.96. The van der Waals surface area contributed by atoms with Crippen LogP contribution in [0.25, 0.3) is 6.08 Å². The van der Waals surface area contributed by atoms with Gasteiger partial charge in [0.15, 0.2) is 0 Å². The van der Waals surface area contributed by atoms with Crippen LogP contribution >= 0.6 is 0 Å². The minimum Gasteiger partial charge on any atom is -0.478 e. The summed E-state index contributed by atoms with van der Waals surface area (Å²) in [7, 11) is 0. The molecule has 0 aliphatic carbocycles. The molecule has 1 N–H and O–H groups in total. The van der Waals surface area contributed by atoms with Crippen molar-refractivity contribution in [3.05, 3.63) is 103 Å². The van der Waals surface area contributed by atoms with Gasteiger partial charge in [-0.15, -0.1) is 0 Å². The van der Waals surface area contributed by atoms with E-state index >= 15 is 0 Å². The number of hydrogen-bond donors (Lipinski definition) is 1. The average molecular weight is 366 g/mol. The highest BCUT2D eigenvalue weighted by Gasteiger charge is 2.02. The van der Waals surface area contributed by atoms with Crippen LogP contribution in [0.15, 0.2) is 91.5 Å². The molecule has 0 bridgehead atoms. The smallest absolute Gasteiger partial charge is 0.333 e. The van der Waals surface area contributed by atoms with Crippen LogP contribution in [0, 0.1) is 0 Å². The van der Waals surface area contributed by atoms with E-state index in [2.05, 4.69) is 19.7 Å². The number of carboxylic acid groups (broad SMARTS) is 1. The van der Waals surface area contributed by atoms with Crippen molar-refractivity contribution in [1.29, 1.82) is 0 Å². The predicted molar refractivity (Wildman–Crippen MR) is 110 cm³/mol. The maximum absolute atomic E-state index is 11.0. The largest absolute Gasteiger partial charge is 0.478 e. The molecule has 27 heavy (non-hydrogen) atoms. The molecule has 0 saturated carbocycles. The molecule has 4 heteroatoms. The van der Waals surface area contributed by atoms with E-state index in [9.17, 15) is 9.59 Å². The summed E-state index contributed by atoms with van der Waals surface area (Å²) >= 11 is 0. The number of carbonyl (C=O) groups excluding carboxylic acids is 1. The molecule has 0 heterocycles. The Balaban J connectivity index is 0.000000413. The number of carboxylic acids is 1. The molecule has 0 radical (unpaired) electrons. The molecule has 142 valence electrons. The number of rotatable bonds is 5. The van der Waals surface area contributed by atoms with Gasteiger partial charge in [-0.2, -0.15) is 0 Å². The van der Waals surface area contributed by atoms with E-state index in [1.54, 1.807) is 6.92 Å². The summed E-state index contributed by atoms with van der Waals surface area (Å²) < 4.78 is 4.95. The fraction of sp³-hybridized carbons (Fsp3) is 0.130. The fourth-order valence-electron chi connectivity index (χ4n) is 1.44. The Morgan fingerprint density at radius 2 is 1.37 bits per heavy atom. The normalized spacial score (nSPS) is 8.67. The van der Waals surface area contributed by atoms with Crippen LogP contribution in [0.2, 0.25) is 0 Å². The first kappa shape index (κ1) is 23.6. The van der Waals surface area contributed by atoms with Gasteiger partial charge in [-0.05, 0) is 25.0 Å². The van der Waals surface area contributed by atoms with E-state index in [1.165, 1.54) is 12.5 Å². The summed E-state index contributed by atoms with van der Waals surface area (Å²) in [5, 5.41) is 7.89. The highest BCUT2D eigenvalue weighted by molar-refractivity contribution is 5.86. The fourth-order valence-corrected chi connectivity index (χ4v) is 1.44. The average Bonchev–Trinajstić information content (AvgIpc) is 2.68. The lowest BCUT2D eigenvalue weighted by molar-refractivity contribution is -0.140. The molecule has 0 aliphatic heterocycles. The molecule has 0 saturated heterocycles. The summed E-state index contributed by atoms with van der Waals surface area (Å²) in [5.74, 6) is -1.28. The second kappa shape index (κ2) is 13.8. The molecule has 0 spiro atoms. The Hall–Kier alpha value is -3.40. The minimum atomic E-state index is -0.935. The number of carbonyl (C=O) groups is 2. The molecule has 2 aromatic carbocycles. The minimum absolute atomic E-state index is 0.176. The van der Waals surface area contributed by atoms with E-state index in [0.717, 1.165) is 5.56 Å². The highest BCUT2D eigenvalue weighted by Crippen LogP contribution is 2.02. The molecule has 0 aliphatic rings. The highest BCUT2D eigenvalue weighted by atomic mass is 16.5. The zero-order valence-corrected chi connectivity index (χ0v) is 15.9. The van der Waals surface area contributed by atoms with E-state index in [-0.39, 0.29) is 11.5 Å².